The Morgan fingerprint density at radius 1 is 1.16 bits per heavy atom. The van der Waals surface area contributed by atoms with Crippen molar-refractivity contribution >= 4 is 5.97 Å². The predicted molar refractivity (Wildman–Crippen MR) is 59.7 cm³/mol. The number of nitrogens with zero attached hydrogens (tertiary/aromatic N) is 4. The lowest BCUT2D eigenvalue weighted by molar-refractivity contribution is 0.0681. The maximum Gasteiger partial charge on any atom is 0.339 e. The molecular formula is C11H8F2N4O2. The van der Waals surface area contributed by atoms with Gasteiger partial charge in [0.05, 0.1) is 0 Å². The smallest absolute Gasteiger partial charge is 0.339 e. The number of halogens is 2. The first kappa shape index (κ1) is 12.9. The Morgan fingerprint density at radius 3 is 2.26 bits per heavy atom. The molecule has 0 radical (unpaired) electrons. The zero-order valence-electron chi connectivity index (χ0n) is 9.71. The van der Waals surface area contributed by atoms with Crippen LogP contribution in [0.1, 0.15) is 28.0 Å². The first-order valence-electron chi connectivity index (χ1n) is 5.16. The van der Waals surface area contributed by atoms with Gasteiger partial charge in [-0.05, 0) is 12.5 Å². The lowest BCUT2D eigenvalue weighted by atomic mass is 10.2. The van der Waals surface area contributed by atoms with Crippen LogP contribution in [0.25, 0.3) is 11.6 Å². The fraction of sp³-hybridized carbons (Fsp3) is 0.182. The molecule has 98 valence electrons. The molecule has 8 heteroatoms. The number of carboxylic acids is 1. The van der Waals surface area contributed by atoms with Gasteiger partial charge in [-0.1, -0.05) is 0 Å². The largest absolute Gasteiger partial charge is 0.478 e. The molecule has 0 amide bonds. The van der Waals surface area contributed by atoms with E-state index >= 15 is 0 Å². The first-order valence-corrected chi connectivity index (χ1v) is 5.16. The van der Waals surface area contributed by atoms with Gasteiger partial charge in [-0.15, -0.1) is 0 Å². The second-order valence-electron chi connectivity index (χ2n) is 3.68. The van der Waals surface area contributed by atoms with Crippen LogP contribution in [0.3, 0.4) is 0 Å². The molecule has 0 aromatic carbocycles. The molecule has 0 saturated carbocycles. The molecule has 2 aromatic heterocycles. The molecule has 0 bridgehead atoms. The number of hydrogen-bond donors (Lipinski definition) is 1. The molecule has 19 heavy (non-hydrogen) atoms. The Kier molecular flexibility index (Phi) is 3.41. The number of carbonyl (C=O) groups is 1. The van der Waals surface area contributed by atoms with E-state index in [1.165, 1.54) is 12.4 Å². The summed E-state index contributed by atoms with van der Waals surface area (Å²) in [6.45, 7) is 1.77. The van der Waals surface area contributed by atoms with Crippen LogP contribution in [0.15, 0.2) is 18.6 Å². The molecule has 0 aliphatic rings. The van der Waals surface area contributed by atoms with E-state index < -0.39 is 23.7 Å². The van der Waals surface area contributed by atoms with Gasteiger partial charge in [0, 0.05) is 18.6 Å². The van der Waals surface area contributed by atoms with E-state index in [1.54, 1.807) is 6.92 Å². The molecule has 2 rings (SSSR count). The number of hydrogen-bond acceptors (Lipinski definition) is 5. The third-order valence-electron chi connectivity index (χ3n) is 2.24. The van der Waals surface area contributed by atoms with E-state index in [9.17, 15) is 13.6 Å². The maximum absolute atomic E-state index is 12.8. The van der Waals surface area contributed by atoms with Gasteiger partial charge in [0.25, 0.3) is 6.43 Å². The van der Waals surface area contributed by atoms with Gasteiger partial charge in [-0.25, -0.2) is 33.5 Å². The molecule has 6 nitrogen and oxygen atoms in total. The summed E-state index contributed by atoms with van der Waals surface area (Å²) in [5.41, 5.74) is -0.687. The summed E-state index contributed by atoms with van der Waals surface area (Å²) >= 11 is 0. The van der Waals surface area contributed by atoms with E-state index in [0.29, 0.717) is 0 Å². The molecule has 0 fully saturated rings. The van der Waals surface area contributed by atoms with Crippen molar-refractivity contribution < 1.29 is 18.7 Å². The van der Waals surface area contributed by atoms with Crippen molar-refractivity contribution in [3.8, 4) is 11.6 Å². The van der Waals surface area contributed by atoms with Crippen LogP contribution in [0.5, 0.6) is 0 Å². The van der Waals surface area contributed by atoms with Crippen molar-refractivity contribution in [3.63, 3.8) is 0 Å². The molecule has 2 heterocycles. The standard InChI is InChI=1S/C11H8F2N4O2/c1-5-2-14-9(15-3-5)10-16-4-6(11(18)19)7(17-10)8(12)13/h2-4,8H,1H3,(H,18,19). The van der Waals surface area contributed by atoms with Crippen molar-refractivity contribution in [3.05, 3.63) is 35.4 Å². The summed E-state index contributed by atoms with van der Waals surface area (Å²) < 4.78 is 25.5. The van der Waals surface area contributed by atoms with Crippen LogP contribution in [0.2, 0.25) is 0 Å². The normalized spacial score (nSPS) is 10.7. The summed E-state index contributed by atoms with van der Waals surface area (Å²) in [6.07, 6.45) is 0.783. The Balaban J connectivity index is 2.52. The van der Waals surface area contributed by atoms with E-state index in [4.69, 9.17) is 5.11 Å². The summed E-state index contributed by atoms with van der Waals surface area (Å²) in [6, 6.07) is 0. The minimum Gasteiger partial charge on any atom is -0.478 e. The van der Waals surface area contributed by atoms with E-state index in [1.807, 2.05) is 0 Å². The summed E-state index contributed by atoms with van der Waals surface area (Å²) in [5, 5.41) is 8.77. The monoisotopic (exact) mass is 266 g/mol. The zero-order chi connectivity index (χ0) is 14.0. The minimum atomic E-state index is -3.02. The van der Waals surface area contributed by atoms with Gasteiger partial charge >= 0.3 is 5.97 Å². The second-order valence-corrected chi connectivity index (χ2v) is 3.68. The van der Waals surface area contributed by atoms with Gasteiger partial charge in [-0.2, -0.15) is 0 Å². The zero-order valence-corrected chi connectivity index (χ0v) is 9.71. The van der Waals surface area contributed by atoms with Crippen molar-refractivity contribution in [2.45, 2.75) is 13.3 Å². The van der Waals surface area contributed by atoms with Gasteiger partial charge in [-0.3, -0.25) is 0 Å². The fourth-order valence-corrected chi connectivity index (χ4v) is 1.34. The molecule has 0 saturated heterocycles. The quantitative estimate of drug-likeness (QED) is 0.912. The Morgan fingerprint density at radius 2 is 1.74 bits per heavy atom. The summed E-state index contributed by atoms with van der Waals surface area (Å²) in [4.78, 5) is 25.8. The van der Waals surface area contributed by atoms with Crippen LogP contribution in [0.4, 0.5) is 8.78 Å². The molecule has 2 aromatic rings. The minimum absolute atomic E-state index is 0.0597. The van der Waals surface area contributed by atoms with Gasteiger partial charge in [0.15, 0.2) is 11.6 Å². The number of aromatic carboxylic acids is 1. The topological polar surface area (TPSA) is 88.9 Å². The highest BCUT2D eigenvalue weighted by molar-refractivity contribution is 5.88. The van der Waals surface area contributed by atoms with E-state index in [2.05, 4.69) is 19.9 Å². The van der Waals surface area contributed by atoms with Crippen molar-refractivity contribution in [2.24, 2.45) is 0 Å². The SMILES string of the molecule is Cc1cnc(-c2ncc(C(=O)O)c(C(F)F)n2)nc1. The van der Waals surface area contributed by atoms with Gasteiger partial charge in [0.2, 0.25) is 0 Å². The van der Waals surface area contributed by atoms with Crippen molar-refractivity contribution in [1.29, 1.82) is 0 Å². The van der Waals surface area contributed by atoms with Crippen LogP contribution in [-0.2, 0) is 0 Å². The fourth-order valence-electron chi connectivity index (χ4n) is 1.34. The van der Waals surface area contributed by atoms with Crippen molar-refractivity contribution in [1.82, 2.24) is 19.9 Å². The van der Waals surface area contributed by atoms with Crippen LogP contribution in [-0.4, -0.2) is 31.0 Å². The molecule has 1 N–H and O–H groups in total. The summed E-state index contributed by atoms with van der Waals surface area (Å²) in [7, 11) is 0. The number of aromatic nitrogens is 4. The number of rotatable bonds is 3. The van der Waals surface area contributed by atoms with E-state index in [0.717, 1.165) is 11.8 Å². The Labute approximate surface area is 106 Å². The third-order valence-corrected chi connectivity index (χ3v) is 2.24. The van der Waals surface area contributed by atoms with Gasteiger partial charge in [0.1, 0.15) is 11.3 Å². The molecule has 0 unspecified atom stereocenters. The van der Waals surface area contributed by atoms with Crippen LogP contribution < -0.4 is 0 Å². The summed E-state index contributed by atoms with van der Waals surface area (Å²) in [5.74, 6) is -1.59. The molecule has 0 aliphatic heterocycles. The maximum atomic E-state index is 12.8. The average molecular weight is 266 g/mol. The van der Waals surface area contributed by atoms with Gasteiger partial charge < -0.3 is 5.11 Å². The second kappa shape index (κ2) is 5.01. The Bertz CT molecular complexity index is 617. The van der Waals surface area contributed by atoms with E-state index in [-0.39, 0.29) is 11.6 Å². The molecular weight excluding hydrogens is 258 g/mol. The first-order chi connectivity index (χ1) is 8.99. The lowest BCUT2D eigenvalue weighted by Gasteiger charge is -2.05. The number of carboxylic acid groups (broad SMARTS) is 1. The van der Waals surface area contributed by atoms with Crippen LogP contribution >= 0.6 is 0 Å². The highest BCUT2D eigenvalue weighted by atomic mass is 19.3. The predicted octanol–water partition coefficient (Wildman–Crippen LogP) is 1.88. The van der Waals surface area contributed by atoms with Crippen LogP contribution in [0, 0.1) is 6.92 Å². The Hall–Kier alpha value is -2.51. The molecule has 0 spiro atoms. The van der Waals surface area contributed by atoms with Crippen molar-refractivity contribution in [2.75, 3.05) is 0 Å². The number of alkyl halides is 2. The number of aryl methyl sites for hydroxylation is 1. The third kappa shape index (κ3) is 2.67. The lowest BCUT2D eigenvalue weighted by Crippen LogP contribution is -2.08. The molecule has 0 atom stereocenters. The highest BCUT2D eigenvalue weighted by Gasteiger charge is 2.22. The highest BCUT2D eigenvalue weighted by Crippen LogP contribution is 2.22. The molecule has 0 aliphatic carbocycles. The average Bonchev–Trinajstić information content (AvgIpc) is 2.38.